The van der Waals surface area contributed by atoms with Gasteiger partial charge in [0.15, 0.2) is 0 Å². The van der Waals surface area contributed by atoms with Crippen LogP contribution in [0.15, 0.2) is 0 Å². The van der Waals surface area contributed by atoms with Gasteiger partial charge in [-0.15, -0.1) is 0 Å². The molecule has 122 valence electrons. The summed E-state index contributed by atoms with van der Waals surface area (Å²) in [7, 11) is 3.32. The Balaban J connectivity index is 2.89. The van der Waals surface area contributed by atoms with E-state index in [4.69, 9.17) is 28.4 Å². The van der Waals surface area contributed by atoms with Crippen molar-refractivity contribution in [1.29, 1.82) is 0 Å². The third kappa shape index (κ3) is 17.8. The van der Waals surface area contributed by atoms with Gasteiger partial charge in [0.25, 0.3) is 0 Å². The van der Waals surface area contributed by atoms with Crippen LogP contribution in [-0.2, 0) is 28.4 Å². The molecule has 0 aliphatic carbocycles. The molecule has 0 heterocycles. The Morgan fingerprint density at radius 2 is 0.700 bits per heavy atom. The minimum Gasteiger partial charge on any atom is -0.382 e. The van der Waals surface area contributed by atoms with Crippen LogP contribution in [0.2, 0.25) is 0 Å². The molecule has 0 radical (unpaired) electrons. The largest absolute Gasteiger partial charge is 0.382 e. The lowest BCUT2D eigenvalue weighted by molar-refractivity contribution is 0.0156. The summed E-state index contributed by atoms with van der Waals surface area (Å²) in [6.45, 7) is 6.54. The van der Waals surface area contributed by atoms with E-state index >= 15 is 0 Å². The highest BCUT2D eigenvalue weighted by molar-refractivity contribution is 4.40. The van der Waals surface area contributed by atoms with E-state index in [1.807, 2.05) is 0 Å². The summed E-state index contributed by atoms with van der Waals surface area (Å²) in [5.74, 6) is 0. The van der Waals surface area contributed by atoms with Crippen molar-refractivity contribution < 1.29 is 28.4 Å². The first kappa shape index (κ1) is 19.8. The maximum Gasteiger partial charge on any atom is 0.0701 e. The SMILES string of the molecule is COCCOCCOCCCCOCCOCCOC. The summed E-state index contributed by atoms with van der Waals surface area (Å²) in [6.07, 6.45) is 2.01. The number of hydrogen-bond acceptors (Lipinski definition) is 6. The van der Waals surface area contributed by atoms with Crippen molar-refractivity contribution in [2.24, 2.45) is 0 Å². The molecule has 0 aromatic heterocycles. The van der Waals surface area contributed by atoms with E-state index in [-0.39, 0.29) is 0 Å². The predicted molar refractivity (Wildman–Crippen MR) is 76.3 cm³/mol. The lowest BCUT2D eigenvalue weighted by Gasteiger charge is -2.07. The fourth-order valence-electron chi connectivity index (χ4n) is 1.34. The smallest absolute Gasteiger partial charge is 0.0701 e. The molecular weight excluding hydrogens is 264 g/mol. The zero-order valence-corrected chi connectivity index (χ0v) is 12.9. The van der Waals surface area contributed by atoms with Gasteiger partial charge in [0.1, 0.15) is 0 Å². The normalized spacial score (nSPS) is 11.1. The van der Waals surface area contributed by atoms with E-state index in [2.05, 4.69) is 0 Å². The van der Waals surface area contributed by atoms with E-state index in [9.17, 15) is 0 Å². The van der Waals surface area contributed by atoms with Crippen LogP contribution >= 0.6 is 0 Å². The molecule has 0 aliphatic heterocycles. The maximum absolute atomic E-state index is 5.43. The Kier molecular flexibility index (Phi) is 18.5. The second-order valence-electron chi connectivity index (χ2n) is 4.14. The second kappa shape index (κ2) is 18.8. The molecule has 0 unspecified atom stereocenters. The van der Waals surface area contributed by atoms with Crippen LogP contribution in [0.25, 0.3) is 0 Å². The van der Waals surface area contributed by atoms with Crippen molar-refractivity contribution in [2.45, 2.75) is 12.8 Å². The fourth-order valence-corrected chi connectivity index (χ4v) is 1.34. The number of unbranched alkanes of at least 4 members (excludes halogenated alkanes) is 1. The molecule has 0 aliphatic rings. The fraction of sp³-hybridized carbons (Fsp3) is 1.00. The first-order valence-electron chi connectivity index (χ1n) is 7.20. The van der Waals surface area contributed by atoms with E-state index in [1.54, 1.807) is 14.2 Å². The molecular formula is C14H30O6. The summed E-state index contributed by atoms with van der Waals surface area (Å²) < 4.78 is 31.1. The van der Waals surface area contributed by atoms with E-state index in [0.29, 0.717) is 52.9 Å². The van der Waals surface area contributed by atoms with Crippen LogP contribution in [0.1, 0.15) is 12.8 Å². The highest BCUT2D eigenvalue weighted by Gasteiger charge is 1.93. The first-order valence-corrected chi connectivity index (χ1v) is 7.20. The zero-order valence-electron chi connectivity index (χ0n) is 12.9. The Labute approximate surface area is 122 Å². The van der Waals surface area contributed by atoms with Gasteiger partial charge >= 0.3 is 0 Å². The van der Waals surface area contributed by atoms with Gasteiger partial charge in [0.2, 0.25) is 0 Å². The number of ether oxygens (including phenoxy) is 6. The average molecular weight is 294 g/mol. The van der Waals surface area contributed by atoms with Gasteiger partial charge in [-0.2, -0.15) is 0 Å². The van der Waals surface area contributed by atoms with Crippen LogP contribution in [0.3, 0.4) is 0 Å². The maximum atomic E-state index is 5.43. The molecule has 0 spiro atoms. The van der Waals surface area contributed by atoms with Crippen LogP contribution in [-0.4, -0.2) is 80.3 Å². The molecule has 20 heavy (non-hydrogen) atoms. The van der Waals surface area contributed by atoms with Crippen molar-refractivity contribution >= 4 is 0 Å². The van der Waals surface area contributed by atoms with Crippen LogP contribution in [0.5, 0.6) is 0 Å². The average Bonchev–Trinajstić information content (AvgIpc) is 2.47. The summed E-state index contributed by atoms with van der Waals surface area (Å²) in [4.78, 5) is 0. The Bertz CT molecular complexity index is 150. The Morgan fingerprint density at radius 3 is 1.05 bits per heavy atom. The number of rotatable bonds is 17. The number of methoxy groups -OCH3 is 2. The van der Waals surface area contributed by atoms with Gasteiger partial charge in [-0.1, -0.05) is 0 Å². The monoisotopic (exact) mass is 294 g/mol. The molecule has 0 amide bonds. The molecule has 0 aromatic carbocycles. The van der Waals surface area contributed by atoms with Gasteiger partial charge in [-0.05, 0) is 12.8 Å². The second-order valence-corrected chi connectivity index (χ2v) is 4.14. The molecule has 0 saturated carbocycles. The summed E-state index contributed by atoms with van der Waals surface area (Å²) in [5, 5.41) is 0. The van der Waals surface area contributed by atoms with Crippen molar-refractivity contribution in [3.8, 4) is 0 Å². The summed E-state index contributed by atoms with van der Waals surface area (Å²) in [5.41, 5.74) is 0. The van der Waals surface area contributed by atoms with Gasteiger partial charge in [0, 0.05) is 27.4 Å². The molecule has 0 rings (SSSR count). The minimum atomic E-state index is 0.624. The van der Waals surface area contributed by atoms with E-state index in [1.165, 1.54) is 0 Å². The summed E-state index contributed by atoms with van der Waals surface area (Å²) >= 11 is 0. The standard InChI is InChI=1S/C14H30O6/c1-15-7-9-19-13-11-17-5-3-4-6-18-12-14-20-10-8-16-2/h3-14H2,1-2H3. The molecule has 0 saturated heterocycles. The van der Waals surface area contributed by atoms with Gasteiger partial charge in [-0.3, -0.25) is 0 Å². The molecule has 0 aromatic rings. The highest BCUT2D eigenvalue weighted by atomic mass is 16.5. The highest BCUT2D eigenvalue weighted by Crippen LogP contribution is 1.92. The lowest BCUT2D eigenvalue weighted by atomic mass is 10.3. The molecule has 6 heteroatoms. The first-order chi connectivity index (χ1) is 9.91. The van der Waals surface area contributed by atoms with Crippen molar-refractivity contribution in [2.75, 3.05) is 80.3 Å². The van der Waals surface area contributed by atoms with Gasteiger partial charge in [0.05, 0.1) is 52.9 Å². The van der Waals surface area contributed by atoms with Crippen molar-refractivity contribution in [3.63, 3.8) is 0 Å². The van der Waals surface area contributed by atoms with Crippen molar-refractivity contribution in [1.82, 2.24) is 0 Å². The topological polar surface area (TPSA) is 55.4 Å². The Morgan fingerprint density at radius 1 is 0.400 bits per heavy atom. The lowest BCUT2D eigenvalue weighted by Crippen LogP contribution is -2.10. The quantitative estimate of drug-likeness (QED) is 0.375. The zero-order chi connectivity index (χ0) is 14.7. The van der Waals surface area contributed by atoms with E-state index in [0.717, 1.165) is 26.1 Å². The predicted octanol–water partition coefficient (Wildman–Crippen LogP) is 1.13. The molecule has 0 fully saturated rings. The van der Waals surface area contributed by atoms with Crippen LogP contribution in [0, 0.1) is 0 Å². The van der Waals surface area contributed by atoms with Gasteiger partial charge in [-0.25, -0.2) is 0 Å². The molecule has 0 N–H and O–H groups in total. The number of hydrogen-bond donors (Lipinski definition) is 0. The minimum absolute atomic E-state index is 0.624. The van der Waals surface area contributed by atoms with Crippen LogP contribution < -0.4 is 0 Å². The summed E-state index contributed by atoms with van der Waals surface area (Å²) in [6, 6.07) is 0. The molecule has 6 nitrogen and oxygen atoms in total. The van der Waals surface area contributed by atoms with Crippen LogP contribution in [0.4, 0.5) is 0 Å². The Hall–Kier alpha value is -0.240. The third-order valence-corrected chi connectivity index (χ3v) is 2.43. The van der Waals surface area contributed by atoms with Crippen molar-refractivity contribution in [3.05, 3.63) is 0 Å². The van der Waals surface area contributed by atoms with Gasteiger partial charge < -0.3 is 28.4 Å². The van der Waals surface area contributed by atoms with E-state index < -0.39 is 0 Å². The molecule has 0 atom stereocenters. The third-order valence-electron chi connectivity index (χ3n) is 2.43. The molecule has 0 bridgehead atoms.